The molecule has 5 heteroatoms. The lowest BCUT2D eigenvalue weighted by molar-refractivity contribution is 0.597. The molecule has 4 unspecified atom stereocenters. The molecule has 0 bridgehead atoms. The highest BCUT2D eigenvalue weighted by Crippen LogP contribution is 2.22. The molecule has 0 aliphatic carbocycles. The second-order valence-electron chi connectivity index (χ2n) is 4.16. The number of nitrogens with zero attached hydrogens (tertiary/aromatic N) is 1. The molecule has 0 aromatic rings. The predicted octanol–water partition coefficient (Wildman–Crippen LogP) is 1.61. The van der Waals surface area contributed by atoms with Crippen molar-refractivity contribution in [2.24, 2.45) is 4.99 Å². The summed E-state index contributed by atoms with van der Waals surface area (Å²) in [5, 5.41) is 5.14. The molecule has 1 heterocycles. The smallest absolute Gasteiger partial charge is 0.157 e. The van der Waals surface area contributed by atoms with E-state index in [4.69, 9.17) is 0 Å². The number of nitrogens with one attached hydrogen (secondary N) is 1. The largest absolute Gasteiger partial charge is 0.362 e. The van der Waals surface area contributed by atoms with Crippen LogP contribution in [0, 0.1) is 0 Å². The van der Waals surface area contributed by atoms with Crippen LogP contribution in [-0.2, 0) is 10.8 Å². The minimum absolute atomic E-state index is 0.146. The highest BCUT2D eigenvalue weighted by atomic mass is 32.2. The summed E-state index contributed by atoms with van der Waals surface area (Å²) in [5.41, 5.74) is 0. The molecule has 0 amide bonds. The Labute approximate surface area is 99.0 Å². The van der Waals surface area contributed by atoms with Gasteiger partial charge in [-0.3, -0.25) is 9.20 Å². The molecular formula is C10H20N2OS2. The Morgan fingerprint density at radius 3 is 2.87 bits per heavy atom. The van der Waals surface area contributed by atoms with Gasteiger partial charge in [0.2, 0.25) is 0 Å². The maximum absolute atomic E-state index is 11.2. The number of aliphatic imine (C=N–C) groups is 1. The third kappa shape index (κ3) is 4.55. The number of hydrogen-bond donors (Lipinski definition) is 1. The molecule has 88 valence electrons. The van der Waals surface area contributed by atoms with Gasteiger partial charge in [0.05, 0.1) is 11.8 Å². The number of amidine groups is 1. The first-order valence-electron chi connectivity index (χ1n) is 5.29. The zero-order chi connectivity index (χ0) is 11.4. The first-order chi connectivity index (χ1) is 6.99. The van der Waals surface area contributed by atoms with Gasteiger partial charge in [0, 0.05) is 28.3 Å². The summed E-state index contributed by atoms with van der Waals surface area (Å²) in [6, 6.07) is 0.502. The van der Waals surface area contributed by atoms with Gasteiger partial charge in [-0.1, -0.05) is 18.7 Å². The van der Waals surface area contributed by atoms with Crippen molar-refractivity contribution in [1.29, 1.82) is 0 Å². The maximum Gasteiger partial charge on any atom is 0.157 e. The molecular weight excluding hydrogens is 228 g/mol. The van der Waals surface area contributed by atoms with E-state index in [0.717, 1.165) is 5.17 Å². The van der Waals surface area contributed by atoms with Crippen molar-refractivity contribution in [3.05, 3.63) is 0 Å². The number of rotatable bonds is 3. The molecule has 15 heavy (non-hydrogen) atoms. The van der Waals surface area contributed by atoms with Crippen molar-refractivity contribution >= 4 is 27.7 Å². The van der Waals surface area contributed by atoms with Crippen LogP contribution in [0.3, 0.4) is 0 Å². The standard InChI is InChI=1S/C10H20N2OS2/c1-7-5-8(2)14-10(12-7)11-6-9(3)15(4)13/h7-9H,5-6H2,1-4H3,(H,11,12). The first kappa shape index (κ1) is 13.0. The fourth-order valence-electron chi connectivity index (χ4n) is 1.44. The summed E-state index contributed by atoms with van der Waals surface area (Å²) < 4.78 is 11.2. The molecule has 0 saturated carbocycles. The van der Waals surface area contributed by atoms with Gasteiger partial charge >= 0.3 is 0 Å². The number of thioether (sulfide) groups is 1. The third-order valence-corrected chi connectivity index (χ3v) is 4.77. The molecule has 0 radical (unpaired) electrons. The van der Waals surface area contributed by atoms with Crippen LogP contribution < -0.4 is 5.32 Å². The summed E-state index contributed by atoms with van der Waals surface area (Å²) in [7, 11) is -0.776. The minimum Gasteiger partial charge on any atom is -0.362 e. The molecule has 0 spiro atoms. The molecule has 1 rings (SSSR count). The van der Waals surface area contributed by atoms with Crippen LogP contribution in [0.2, 0.25) is 0 Å². The van der Waals surface area contributed by atoms with E-state index in [1.54, 1.807) is 18.0 Å². The van der Waals surface area contributed by atoms with E-state index in [1.165, 1.54) is 6.42 Å². The molecule has 1 aliphatic rings. The van der Waals surface area contributed by atoms with Crippen molar-refractivity contribution in [2.45, 2.75) is 43.7 Å². The monoisotopic (exact) mass is 248 g/mol. The SMILES string of the molecule is CC1CC(C)SC(=NCC(C)S(C)=O)N1. The molecule has 0 aromatic carbocycles. The van der Waals surface area contributed by atoms with E-state index in [0.29, 0.717) is 17.8 Å². The van der Waals surface area contributed by atoms with Crippen LogP contribution in [0.15, 0.2) is 4.99 Å². The van der Waals surface area contributed by atoms with Crippen LogP contribution in [0.4, 0.5) is 0 Å². The molecule has 1 fully saturated rings. The van der Waals surface area contributed by atoms with Crippen molar-refractivity contribution in [2.75, 3.05) is 12.8 Å². The van der Waals surface area contributed by atoms with Crippen LogP contribution in [0.5, 0.6) is 0 Å². The topological polar surface area (TPSA) is 41.5 Å². The Morgan fingerprint density at radius 1 is 1.67 bits per heavy atom. The van der Waals surface area contributed by atoms with Crippen LogP contribution >= 0.6 is 11.8 Å². The average Bonchev–Trinajstić information content (AvgIpc) is 2.12. The Kier molecular flexibility index (Phi) is 5.12. The van der Waals surface area contributed by atoms with E-state index in [9.17, 15) is 4.21 Å². The van der Waals surface area contributed by atoms with Gasteiger partial charge in [0.15, 0.2) is 5.17 Å². The summed E-state index contributed by atoms with van der Waals surface area (Å²) >= 11 is 1.78. The lowest BCUT2D eigenvalue weighted by atomic mass is 10.2. The van der Waals surface area contributed by atoms with Gasteiger partial charge in [0.1, 0.15) is 0 Å². The second kappa shape index (κ2) is 5.89. The average molecular weight is 248 g/mol. The van der Waals surface area contributed by atoms with Crippen molar-refractivity contribution in [3.63, 3.8) is 0 Å². The van der Waals surface area contributed by atoms with Crippen molar-refractivity contribution in [3.8, 4) is 0 Å². The zero-order valence-electron chi connectivity index (χ0n) is 9.82. The third-order valence-electron chi connectivity index (χ3n) is 2.43. The Bertz CT molecular complexity index is 256. The lowest BCUT2D eigenvalue weighted by Crippen LogP contribution is -2.38. The molecule has 0 aromatic heterocycles. The van der Waals surface area contributed by atoms with Crippen LogP contribution in [0.25, 0.3) is 0 Å². The van der Waals surface area contributed by atoms with E-state index in [2.05, 4.69) is 24.2 Å². The van der Waals surface area contributed by atoms with E-state index in [1.807, 2.05) is 6.92 Å². The molecule has 1 saturated heterocycles. The van der Waals surface area contributed by atoms with Gasteiger partial charge in [-0.05, 0) is 20.3 Å². The predicted molar refractivity (Wildman–Crippen MR) is 70.1 cm³/mol. The van der Waals surface area contributed by atoms with Crippen LogP contribution in [0.1, 0.15) is 27.2 Å². The lowest BCUT2D eigenvalue weighted by Gasteiger charge is -2.27. The molecule has 3 nitrogen and oxygen atoms in total. The fraction of sp³-hybridized carbons (Fsp3) is 0.900. The van der Waals surface area contributed by atoms with Crippen LogP contribution in [-0.4, -0.2) is 38.7 Å². The molecule has 4 atom stereocenters. The maximum atomic E-state index is 11.2. The molecule has 1 aliphatic heterocycles. The van der Waals surface area contributed by atoms with E-state index in [-0.39, 0.29) is 5.25 Å². The normalized spacial score (nSPS) is 33.5. The van der Waals surface area contributed by atoms with Gasteiger partial charge in [-0.2, -0.15) is 0 Å². The molecule has 1 N–H and O–H groups in total. The summed E-state index contributed by atoms with van der Waals surface area (Å²) in [5.74, 6) is 0. The Balaban J connectivity index is 2.48. The fourth-order valence-corrected chi connectivity index (χ4v) is 2.91. The summed E-state index contributed by atoms with van der Waals surface area (Å²) in [4.78, 5) is 4.48. The van der Waals surface area contributed by atoms with Gasteiger partial charge in [0.25, 0.3) is 0 Å². The Hall–Kier alpha value is -0.0300. The highest BCUT2D eigenvalue weighted by Gasteiger charge is 2.19. The van der Waals surface area contributed by atoms with Gasteiger partial charge in [-0.25, -0.2) is 0 Å². The van der Waals surface area contributed by atoms with E-state index >= 15 is 0 Å². The quantitative estimate of drug-likeness (QED) is 0.825. The first-order valence-corrected chi connectivity index (χ1v) is 7.79. The number of hydrogen-bond acceptors (Lipinski definition) is 3. The Morgan fingerprint density at radius 2 is 2.33 bits per heavy atom. The van der Waals surface area contributed by atoms with Crippen molar-refractivity contribution < 1.29 is 4.21 Å². The summed E-state index contributed by atoms with van der Waals surface area (Å²) in [6.45, 7) is 7.02. The summed E-state index contributed by atoms with van der Waals surface area (Å²) in [6.07, 6.45) is 2.91. The second-order valence-corrected chi connectivity index (χ2v) is 7.39. The van der Waals surface area contributed by atoms with Crippen molar-refractivity contribution in [1.82, 2.24) is 5.32 Å². The van der Waals surface area contributed by atoms with Gasteiger partial charge < -0.3 is 5.32 Å². The zero-order valence-corrected chi connectivity index (χ0v) is 11.5. The van der Waals surface area contributed by atoms with E-state index < -0.39 is 10.8 Å². The highest BCUT2D eigenvalue weighted by molar-refractivity contribution is 8.14. The minimum atomic E-state index is -0.776. The van der Waals surface area contributed by atoms with Gasteiger partial charge in [-0.15, -0.1) is 0 Å².